The second kappa shape index (κ2) is 35.8. The number of hydrogen-bond acceptors (Lipinski definition) is 4. The van der Waals surface area contributed by atoms with Crippen molar-refractivity contribution in [3.8, 4) is 11.5 Å². The van der Waals surface area contributed by atoms with E-state index < -0.39 is 10.8 Å². The van der Waals surface area contributed by atoms with Gasteiger partial charge in [0.15, 0.2) is 0 Å². The number of fused-ring (bicyclic) bond motifs is 6. The number of carbonyl (C=O) groups excluding carboxylic acids is 2. The van der Waals surface area contributed by atoms with Gasteiger partial charge in [-0.05, 0) is 153 Å². The molecule has 0 aliphatic rings. The first kappa shape index (κ1) is 74.7. The topological polar surface area (TPSA) is 52.6 Å². The minimum absolute atomic E-state index is 0. The van der Waals surface area contributed by atoms with Gasteiger partial charge in [-0.3, -0.25) is 9.59 Å². The number of ether oxygens (including phenoxy) is 2. The van der Waals surface area contributed by atoms with E-state index in [0.717, 1.165) is 51.6 Å². The summed E-state index contributed by atoms with van der Waals surface area (Å²) in [6, 6.07) is 67.0. The second-order valence-electron chi connectivity index (χ2n) is 22.1. The summed E-state index contributed by atoms with van der Waals surface area (Å²) < 4.78 is 11.3. The molecule has 452 valence electrons. The minimum atomic E-state index is -0.488. The molecule has 0 radical (unpaired) electrons. The fourth-order valence-electron chi connectivity index (χ4n) is 8.81. The third-order valence-corrected chi connectivity index (χ3v) is 15.5. The van der Waals surface area contributed by atoms with E-state index in [0.29, 0.717) is 11.5 Å². The van der Waals surface area contributed by atoms with Gasteiger partial charge in [0.1, 0.15) is 11.5 Å². The fourth-order valence-corrected chi connectivity index (χ4v) is 8.81. The lowest BCUT2D eigenvalue weighted by Crippen LogP contribution is -2.28. The third-order valence-electron chi connectivity index (χ3n) is 15.5. The Balaban J connectivity index is 0.000000537. The van der Waals surface area contributed by atoms with Gasteiger partial charge in [0.25, 0.3) is 0 Å². The van der Waals surface area contributed by atoms with Crippen LogP contribution in [0.25, 0.3) is 64.6 Å². The number of carbonyl (C=O) groups is 2. The maximum absolute atomic E-state index is 12.5. The first-order valence-corrected chi connectivity index (χ1v) is 30.6. The number of hydrogen-bond donors (Lipinski definition) is 0. The van der Waals surface area contributed by atoms with Crippen LogP contribution in [0.4, 0.5) is 0 Å². The van der Waals surface area contributed by atoms with Crippen LogP contribution in [0.2, 0.25) is 0 Å². The molecule has 0 aliphatic heterocycles. The molecule has 0 N–H and O–H groups in total. The molecule has 10 aromatic rings. The zero-order valence-electron chi connectivity index (χ0n) is 53.9. The van der Waals surface area contributed by atoms with Crippen LogP contribution in [0.1, 0.15) is 190 Å². The van der Waals surface area contributed by atoms with Crippen molar-refractivity contribution in [3.05, 3.63) is 205 Å². The van der Waals surface area contributed by atoms with Crippen molar-refractivity contribution in [2.75, 3.05) is 0 Å². The second-order valence-corrected chi connectivity index (χ2v) is 22.1. The first-order valence-electron chi connectivity index (χ1n) is 30.6. The average molecular weight is 1130 g/mol. The molecular weight excluding hydrogens is 1020 g/mol. The summed E-state index contributed by atoms with van der Waals surface area (Å²) in [6.45, 7) is 41.4. The molecule has 0 saturated heterocycles. The minimum Gasteiger partial charge on any atom is -0.426 e. The van der Waals surface area contributed by atoms with Gasteiger partial charge < -0.3 is 9.47 Å². The van der Waals surface area contributed by atoms with Gasteiger partial charge >= 0.3 is 11.9 Å². The predicted molar refractivity (Wildman–Crippen MR) is 376 cm³/mol. The van der Waals surface area contributed by atoms with Crippen LogP contribution in [0.15, 0.2) is 194 Å². The zero-order chi connectivity index (χ0) is 61.3. The molecule has 10 aromatic carbocycles. The predicted octanol–water partition coefficient (Wildman–Crippen LogP) is 25.1. The molecule has 0 aliphatic carbocycles. The molecule has 0 fully saturated rings. The van der Waals surface area contributed by atoms with E-state index in [9.17, 15) is 9.59 Å². The molecule has 0 atom stereocenters. The molecule has 0 saturated carbocycles. The van der Waals surface area contributed by atoms with E-state index in [-0.39, 0.29) is 37.6 Å². The Morgan fingerprint density at radius 2 is 0.631 bits per heavy atom. The van der Waals surface area contributed by atoms with Gasteiger partial charge in [-0.15, -0.1) is 0 Å². The quantitative estimate of drug-likeness (QED) is 0.0778. The monoisotopic (exact) mass is 1130 g/mol. The van der Waals surface area contributed by atoms with Gasteiger partial charge in [-0.2, -0.15) is 0 Å². The molecule has 0 heterocycles. The van der Waals surface area contributed by atoms with Gasteiger partial charge in [0.2, 0.25) is 0 Å². The summed E-state index contributed by atoms with van der Waals surface area (Å²) in [5, 5.41) is 14.5. The normalized spacial score (nSPS) is 10.7. The molecule has 4 heteroatoms. The Labute approximate surface area is 510 Å². The van der Waals surface area contributed by atoms with Crippen LogP contribution in [-0.4, -0.2) is 11.9 Å². The highest BCUT2D eigenvalue weighted by atomic mass is 16.5. The van der Waals surface area contributed by atoms with Gasteiger partial charge in [-0.25, -0.2) is 0 Å². The SMILES string of the molecule is C.C.CC.CC.CC.CC.CCC(C)(C)C(=O)Oc1c2ccccc2cc2ccccc12.CCC(C)(C)C(=O)Oc1ccc2ccccc2c1.CCC(C)(C)c1c2ccccc2cc2ccccc12.CCC(C)(C)c1ccc2ccccc2c1. The van der Waals surface area contributed by atoms with Crippen LogP contribution in [0.5, 0.6) is 11.5 Å². The molecule has 0 amide bonds. The third kappa shape index (κ3) is 19.4. The molecule has 0 unspecified atom stereocenters. The zero-order valence-corrected chi connectivity index (χ0v) is 53.9. The van der Waals surface area contributed by atoms with Crippen LogP contribution < -0.4 is 9.47 Å². The summed E-state index contributed by atoms with van der Waals surface area (Å²) in [4.78, 5) is 24.5. The lowest BCUT2D eigenvalue weighted by Gasteiger charge is -2.27. The molecule has 0 spiro atoms. The molecular formula is C80H108O4. The van der Waals surface area contributed by atoms with Gasteiger partial charge in [0, 0.05) is 10.8 Å². The van der Waals surface area contributed by atoms with E-state index >= 15 is 0 Å². The lowest BCUT2D eigenvalue weighted by atomic mass is 9.77. The van der Waals surface area contributed by atoms with Crippen molar-refractivity contribution >= 4 is 76.6 Å². The van der Waals surface area contributed by atoms with Crippen molar-refractivity contribution < 1.29 is 19.1 Å². The van der Waals surface area contributed by atoms with Crippen molar-refractivity contribution in [3.63, 3.8) is 0 Å². The standard InChI is InChI=1S/C20H20O2.C19H20.C16H18O2.C15H18.4C2H6.2CH4/c1-4-20(2,3)19(21)22-18-16-11-7-5-9-14(16)13-15-10-6-8-12-17(15)18;1-4-19(2,3)18-16-11-7-5-9-14(16)13-15-10-6-8-12-17(15)18;1-4-16(2,3)15(17)18-14-10-9-12-7-5-6-8-13(12)11-14;1-4-15(2,3)14-10-9-12-7-5-6-8-13(12)11-14;4*1-2;;/h5-13H,4H2,1-3H3;5-13H,4H2,1-3H3;5-11H,4H2,1-3H3;5-11H,4H2,1-3H3;4*1-2H3;2*1H4. The molecule has 84 heavy (non-hydrogen) atoms. The fraction of sp³-hybridized carbons (Fsp3) is 0.375. The number of esters is 2. The molecule has 4 nitrogen and oxygen atoms in total. The average Bonchev–Trinajstić information content (AvgIpc) is 1.66. The maximum Gasteiger partial charge on any atom is 0.316 e. The summed E-state index contributed by atoms with van der Waals surface area (Å²) in [5.74, 6) is 0.914. The van der Waals surface area contributed by atoms with E-state index in [2.05, 4.69) is 145 Å². The lowest BCUT2D eigenvalue weighted by molar-refractivity contribution is -0.144. The van der Waals surface area contributed by atoms with E-state index in [4.69, 9.17) is 9.47 Å². The van der Waals surface area contributed by atoms with Crippen LogP contribution in [0.3, 0.4) is 0 Å². The maximum atomic E-state index is 12.5. The van der Waals surface area contributed by atoms with Crippen molar-refractivity contribution in [2.24, 2.45) is 10.8 Å². The van der Waals surface area contributed by atoms with Gasteiger partial charge in [-0.1, -0.05) is 295 Å². The van der Waals surface area contributed by atoms with E-state index in [1.54, 1.807) is 0 Å². The Bertz CT molecular complexity index is 3450. The van der Waals surface area contributed by atoms with Crippen LogP contribution in [0, 0.1) is 10.8 Å². The van der Waals surface area contributed by atoms with Crippen LogP contribution >= 0.6 is 0 Å². The summed E-state index contributed by atoms with van der Waals surface area (Å²) in [6.07, 6.45) is 3.82. The first-order chi connectivity index (χ1) is 39.3. The van der Waals surface area contributed by atoms with Crippen molar-refractivity contribution in [2.45, 2.75) is 190 Å². The summed E-state index contributed by atoms with van der Waals surface area (Å²) >= 11 is 0. The van der Waals surface area contributed by atoms with Gasteiger partial charge in [0.05, 0.1) is 10.8 Å². The molecule has 10 rings (SSSR count). The highest BCUT2D eigenvalue weighted by molar-refractivity contribution is 6.07. The largest absolute Gasteiger partial charge is 0.426 e. The number of benzene rings is 10. The molecule has 0 bridgehead atoms. The highest BCUT2D eigenvalue weighted by Crippen LogP contribution is 2.40. The van der Waals surface area contributed by atoms with Crippen molar-refractivity contribution in [1.82, 2.24) is 0 Å². The Morgan fingerprint density at radius 1 is 0.321 bits per heavy atom. The Morgan fingerprint density at radius 3 is 1.01 bits per heavy atom. The van der Waals surface area contributed by atoms with E-state index in [1.807, 2.05) is 188 Å². The van der Waals surface area contributed by atoms with Crippen LogP contribution in [-0.2, 0) is 20.4 Å². The Hall–Kier alpha value is -7.30. The Kier molecular flexibility index (Phi) is 31.8. The summed E-state index contributed by atoms with van der Waals surface area (Å²) in [5.41, 5.74) is 2.47. The summed E-state index contributed by atoms with van der Waals surface area (Å²) in [7, 11) is 0. The molecule has 0 aromatic heterocycles. The smallest absolute Gasteiger partial charge is 0.316 e. The number of rotatable bonds is 10. The van der Waals surface area contributed by atoms with E-state index in [1.165, 1.54) is 49.9 Å². The highest BCUT2D eigenvalue weighted by Gasteiger charge is 2.30. The van der Waals surface area contributed by atoms with Crippen molar-refractivity contribution in [1.29, 1.82) is 0 Å².